The molecule has 0 saturated heterocycles. The van der Waals surface area contributed by atoms with E-state index in [9.17, 15) is 21.6 Å². The van der Waals surface area contributed by atoms with Crippen molar-refractivity contribution in [2.75, 3.05) is 19.0 Å². The highest BCUT2D eigenvalue weighted by atomic mass is 32.2. The van der Waals surface area contributed by atoms with Gasteiger partial charge in [-0.3, -0.25) is 4.79 Å². The zero-order valence-corrected chi connectivity index (χ0v) is 18.6. The van der Waals surface area contributed by atoms with Gasteiger partial charge in [-0.15, -0.1) is 0 Å². The lowest BCUT2D eigenvalue weighted by Gasteiger charge is -2.09. The summed E-state index contributed by atoms with van der Waals surface area (Å²) >= 11 is 0. The van der Waals surface area contributed by atoms with E-state index in [4.69, 9.17) is 9.15 Å². The highest BCUT2D eigenvalue weighted by Crippen LogP contribution is 2.16. The number of carbonyl (C=O) groups is 1. The number of anilines is 1. The monoisotopic (exact) mass is 479 g/mol. The minimum Gasteiger partial charge on any atom is -0.497 e. The zero-order chi connectivity index (χ0) is 23.2. The van der Waals surface area contributed by atoms with Gasteiger partial charge in [-0.2, -0.15) is 0 Å². The van der Waals surface area contributed by atoms with Crippen LogP contribution < -0.4 is 19.5 Å². The van der Waals surface area contributed by atoms with Crippen LogP contribution in [0.4, 0.5) is 5.69 Å². The molecule has 0 saturated carbocycles. The first-order valence-electron chi connectivity index (χ1n) is 9.25. The second kappa shape index (κ2) is 9.96. The van der Waals surface area contributed by atoms with Crippen LogP contribution in [0.3, 0.4) is 0 Å². The van der Waals surface area contributed by atoms with Crippen molar-refractivity contribution in [3.05, 3.63) is 72.7 Å². The van der Waals surface area contributed by atoms with Crippen LogP contribution in [0.2, 0.25) is 0 Å². The van der Waals surface area contributed by atoms with Crippen LogP contribution in [0.15, 0.2) is 81.1 Å². The molecule has 3 N–H and O–H groups in total. The highest BCUT2D eigenvalue weighted by molar-refractivity contribution is 7.89. The van der Waals surface area contributed by atoms with E-state index in [2.05, 4.69) is 14.8 Å². The first-order valence-corrected chi connectivity index (χ1v) is 12.2. The molecule has 10 nitrogen and oxygen atoms in total. The number of methoxy groups -OCH3 is 1. The summed E-state index contributed by atoms with van der Waals surface area (Å²) in [5, 5.41) is 2.50. The normalized spacial score (nSPS) is 11.8. The van der Waals surface area contributed by atoms with Gasteiger partial charge in [-0.05, 0) is 60.7 Å². The number of sulfonamides is 2. The number of carbonyl (C=O) groups excluding carboxylic acids is 1. The molecule has 0 atom stereocenters. The van der Waals surface area contributed by atoms with Crippen molar-refractivity contribution in [1.82, 2.24) is 9.44 Å². The molecular weight excluding hydrogens is 458 g/mol. The Morgan fingerprint density at radius 2 is 1.47 bits per heavy atom. The Bertz CT molecular complexity index is 1250. The number of hydrogen-bond acceptors (Lipinski definition) is 7. The minimum absolute atomic E-state index is 0.00210. The van der Waals surface area contributed by atoms with Gasteiger partial charge in [0.2, 0.25) is 26.0 Å². The fourth-order valence-corrected chi connectivity index (χ4v) is 4.56. The second-order valence-corrected chi connectivity index (χ2v) is 10.0. The largest absolute Gasteiger partial charge is 0.497 e. The van der Waals surface area contributed by atoms with Gasteiger partial charge in [-0.25, -0.2) is 26.3 Å². The van der Waals surface area contributed by atoms with Gasteiger partial charge in [0, 0.05) is 5.69 Å². The molecule has 0 spiro atoms. The lowest BCUT2D eigenvalue weighted by atomic mass is 10.3. The Balaban J connectivity index is 1.54. The van der Waals surface area contributed by atoms with Gasteiger partial charge in [0.25, 0.3) is 0 Å². The Kier molecular flexibility index (Phi) is 7.30. The molecule has 0 bridgehead atoms. The quantitative estimate of drug-likeness (QED) is 0.401. The highest BCUT2D eigenvalue weighted by Gasteiger charge is 2.17. The van der Waals surface area contributed by atoms with Crippen molar-refractivity contribution >= 4 is 31.6 Å². The topological polar surface area (TPSA) is 144 Å². The predicted octanol–water partition coefficient (Wildman–Crippen LogP) is 1.68. The lowest BCUT2D eigenvalue weighted by Crippen LogP contribution is -2.32. The van der Waals surface area contributed by atoms with E-state index in [-0.39, 0.29) is 16.3 Å². The Morgan fingerprint density at radius 1 is 0.875 bits per heavy atom. The number of ether oxygens (including phenoxy) is 1. The van der Waals surface area contributed by atoms with Crippen LogP contribution in [0.5, 0.6) is 5.75 Å². The third-order valence-corrected chi connectivity index (χ3v) is 7.09. The van der Waals surface area contributed by atoms with Gasteiger partial charge in [0.05, 0.1) is 36.3 Å². The first-order chi connectivity index (χ1) is 15.2. The number of furan rings is 1. The Morgan fingerprint density at radius 3 is 2.03 bits per heavy atom. The predicted molar refractivity (Wildman–Crippen MR) is 116 cm³/mol. The number of rotatable bonds is 10. The smallest absolute Gasteiger partial charge is 0.241 e. The molecule has 2 aromatic carbocycles. The summed E-state index contributed by atoms with van der Waals surface area (Å²) in [5.41, 5.74) is 0.309. The molecule has 0 unspecified atom stereocenters. The molecule has 0 aliphatic heterocycles. The van der Waals surface area contributed by atoms with Crippen molar-refractivity contribution in [2.45, 2.75) is 16.3 Å². The van der Waals surface area contributed by atoms with Crippen molar-refractivity contribution in [3.8, 4) is 5.75 Å². The summed E-state index contributed by atoms with van der Waals surface area (Å²) in [7, 11) is -6.19. The first kappa shape index (κ1) is 23.5. The summed E-state index contributed by atoms with van der Waals surface area (Å²) in [5.74, 6) is 0.353. The van der Waals surface area contributed by atoms with E-state index < -0.39 is 32.5 Å². The summed E-state index contributed by atoms with van der Waals surface area (Å²) in [4.78, 5) is 12.1. The molecule has 1 amide bonds. The molecule has 12 heteroatoms. The van der Waals surface area contributed by atoms with Gasteiger partial charge in [0.15, 0.2) is 0 Å². The van der Waals surface area contributed by atoms with Crippen LogP contribution in [-0.4, -0.2) is 36.4 Å². The molecule has 0 radical (unpaired) electrons. The molecule has 170 valence electrons. The van der Waals surface area contributed by atoms with E-state index in [1.54, 1.807) is 12.1 Å². The minimum atomic E-state index is -3.89. The number of benzene rings is 2. The maximum Gasteiger partial charge on any atom is 0.241 e. The second-order valence-electron chi connectivity index (χ2n) is 6.48. The van der Waals surface area contributed by atoms with E-state index in [0.717, 1.165) is 0 Å². The summed E-state index contributed by atoms with van der Waals surface area (Å²) in [6.45, 7) is -0.499. The Hall–Kier alpha value is -3.19. The number of amides is 1. The van der Waals surface area contributed by atoms with Crippen LogP contribution in [0.25, 0.3) is 0 Å². The van der Waals surface area contributed by atoms with Gasteiger partial charge in [0.1, 0.15) is 11.5 Å². The SMILES string of the molecule is COc1ccc(S(=O)(=O)NCC(=O)Nc2ccc(S(=O)(=O)NCc3ccco3)cc2)cc1. The maximum atomic E-state index is 12.3. The van der Waals surface area contributed by atoms with Crippen molar-refractivity contribution < 1.29 is 30.8 Å². The van der Waals surface area contributed by atoms with Crippen molar-refractivity contribution in [1.29, 1.82) is 0 Å². The van der Waals surface area contributed by atoms with Gasteiger partial charge in [-0.1, -0.05) is 0 Å². The molecule has 0 aliphatic carbocycles. The van der Waals surface area contributed by atoms with Crippen LogP contribution in [-0.2, 0) is 31.4 Å². The van der Waals surface area contributed by atoms with E-state index in [1.165, 1.54) is 61.9 Å². The lowest BCUT2D eigenvalue weighted by molar-refractivity contribution is -0.115. The zero-order valence-electron chi connectivity index (χ0n) is 16.9. The summed E-state index contributed by atoms with van der Waals surface area (Å²) < 4.78 is 63.9. The van der Waals surface area contributed by atoms with Gasteiger partial charge < -0.3 is 14.5 Å². The van der Waals surface area contributed by atoms with E-state index >= 15 is 0 Å². The summed E-state index contributed by atoms with van der Waals surface area (Å²) in [6, 6.07) is 14.4. The van der Waals surface area contributed by atoms with Crippen molar-refractivity contribution in [2.24, 2.45) is 0 Å². The summed E-state index contributed by atoms with van der Waals surface area (Å²) in [6.07, 6.45) is 1.44. The molecule has 3 aromatic rings. The molecule has 3 rings (SSSR count). The molecule has 0 fully saturated rings. The average Bonchev–Trinajstić information content (AvgIpc) is 3.31. The van der Waals surface area contributed by atoms with E-state index in [0.29, 0.717) is 17.2 Å². The fraction of sp³-hybridized carbons (Fsp3) is 0.150. The van der Waals surface area contributed by atoms with Crippen LogP contribution in [0, 0.1) is 0 Å². The molecule has 1 aromatic heterocycles. The number of nitrogens with one attached hydrogen (secondary N) is 3. The van der Waals surface area contributed by atoms with Crippen LogP contribution in [0.1, 0.15) is 5.76 Å². The van der Waals surface area contributed by atoms with Crippen LogP contribution >= 0.6 is 0 Å². The van der Waals surface area contributed by atoms with Gasteiger partial charge >= 0.3 is 0 Å². The molecule has 0 aliphatic rings. The fourth-order valence-electron chi connectivity index (χ4n) is 2.58. The third-order valence-electron chi connectivity index (χ3n) is 4.26. The number of hydrogen-bond donors (Lipinski definition) is 3. The molecular formula is C20H21N3O7S2. The third kappa shape index (κ3) is 6.17. The standard InChI is InChI=1S/C20H21N3O7S2/c1-29-16-6-10-19(11-7-16)32(27,28)22-14-20(24)23-15-4-8-18(9-5-15)31(25,26)21-13-17-3-2-12-30-17/h2-12,21-22H,13-14H2,1H3,(H,23,24). The maximum absolute atomic E-state index is 12.3. The van der Waals surface area contributed by atoms with Crippen molar-refractivity contribution in [3.63, 3.8) is 0 Å². The molecule has 32 heavy (non-hydrogen) atoms. The van der Waals surface area contributed by atoms with E-state index in [1.807, 2.05) is 0 Å². The molecule has 1 heterocycles. The Labute approximate surface area is 185 Å². The average molecular weight is 480 g/mol.